The molecular formula is C16H25N5O. The zero-order valence-corrected chi connectivity index (χ0v) is 13.4. The van der Waals surface area contributed by atoms with Gasteiger partial charge in [-0.2, -0.15) is 0 Å². The van der Waals surface area contributed by atoms with E-state index in [0.717, 1.165) is 50.9 Å². The molecule has 3 heterocycles. The second-order valence-electron chi connectivity index (χ2n) is 6.02. The molecule has 2 aliphatic heterocycles. The van der Waals surface area contributed by atoms with E-state index in [2.05, 4.69) is 32.1 Å². The van der Waals surface area contributed by atoms with Gasteiger partial charge in [0.15, 0.2) is 11.6 Å². The maximum atomic E-state index is 11.7. The van der Waals surface area contributed by atoms with E-state index in [4.69, 9.17) is 0 Å². The van der Waals surface area contributed by atoms with E-state index in [0.29, 0.717) is 6.42 Å². The number of piperazine rings is 1. The van der Waals surface area contributed by atoms with Gasteiger partial charge in [-0.1, -0.05) is 6.92 Å². The van der Waals surface area contributed by atoms with Gasteiger partial charge in [0.1, 0.15) is 0 Å². The Morgan fingerprint density at radius 1 is 0.909 bits per heavy atom. The normalized spacial score (nSPS) is 19.4. The molecule has 2 fully saturated rings. The Bertz CT molecular complexity index is 490. The summed E-state index contributed by atoms with van der Waals surface area (Å²) in [7, 11) is 0. The second-order valence-corrected chi connectivity index (χ2v) is 6.02. The van der Waals surface area contributed by atoms with E-state index in [9.17, 15) is 4.79 Å². The van der Waals surface area contributed by atoms with Crippen molar-refractivity contribution in [3.05, 3.63) is 12.1 Å². The summed E-state index contributed by atoms with van der Waals surface area (Å²) in [5, 5.41) is 8.80. The first-order chi connectivity index (χ1) is 10.8. The molecule has 6 nitrogen and oxygen atoms in total. The highest BCUT2D eigenvalue weighted by molar-refractivity contribution is 5.76. The minimum Gasteiger partial charge on any atom is -0.355 e. The summed E-state index contributed by atoms with van der Waals surface area (Å²) in [4.78, 5) is 18.2. The Morgan fingerprint density at radius 3 is 1.95 bits per heavy atom. The molecule has 0 N–H and O–H groups in total. The highest BCUT2D eigenvalue weighted by Gasteiger charge is 2.21. The Hall–Kier alpha value is -1.85. The number of amides is 1. The van der Waals surface area contributed by atoms with E-state index in [1.54, 1.807) is 0 Å². The van der Waals surface area contributed by atoms with Crippen molar-refractivity contribution in [2.45, 2.75) is 32.6 Å². The fourth-order valence-electron chi connectivity index (χ4n) is 3.19. The molecule has 120 valence electrons. The van der Waals surface area contributed by atoms with Crippen molar-refractivity contribution < 1.29 is 4.79 Å². The molecule has 6 heteroatoms. The minimum absolute atomic E-state index is 0.242. The topological polar surface area (TPSA) is 52.6 Å². The summed E-state index contributed by atoms with van der Waals surface area (Å²) in [6, 6.07) is 4.14. The molecule has 2 saturated heterocycles. The van der Waals surface area contributed by atoms with Crippen LogP contribution < -0.4 is 9.80 Å². The number of hydrogen-bond donors (Lipinski definition) is 0. The van der Waals surface area contributed by atoms with Crippen LogP contribution in [0.1, 0.15) is 32.6 Å². The number of carbonyl (C=O) groups excluding carboxylic acids is 1. The zero-order chi connectivity index (χ0) is 15.4. The van der Waals surface area contributed by atoms with Crippen molar-refractivity contribution in [2.75, 3.05) is 49.1 Å². The lowest BCUT2D eigenvalue weighted by molar-refractivity contribution is -0.131. The van der Waals surface area contributed by atoms with Crippen molar-refractivity contribution in [1.82, 2.24) is 15.1 Å². The summed E-state index contributed by atoms with van der Waals surface area (Å²) >= 11 is 0. The van der Waals surface area contributed by atoms with Crippen molar-refractivity contribution in [3.8, 4) is 0 Å². The molecule has 0 radical (unpaired) electrons. The third kappa shape index (κ3) is 3.31. The number of nitrogens with zero attached hydrogens (tertiary/aromatic N) is 5. The Balaban J connectivity index is 1.58. The van der Waals surface area contributed by atoms with Crippen LogP contribution in [0.25, 0.3) is 0 Å². The van der Waals surface area contributed by atoms with Crippen LogP contribution in [0.4, 0.5) is 11.6 Å². The SMILES string of the molecule is CCC(=O)N1CCN(c2ccc(N3CCCCC3)nn2)CC1. The Kier molecular flexibility index (Phi) is 4.75. The highest BCUT2D eigenvalue weighted by Crippen LogP contribution is 2.19. The lowest BCUT2D eigenvalue weighted by Crippen LogP contribution is -2.48. The van der Waals surface area contributed by atoms with Gasteiger partial charge < -0.3 is 14.7 Å². The quantitative estimate of drug-likeness (QED) is 0.847. The standard InChI is InChI=1S/C16H25N5O/c1-2-16(22)21-12-10-20(11-13-21)15-7-6-14(17-18-15)19-8-4-3-5-9-19/h6-7H,2-5,8-13H2,1H3. The maximum Gasteiger partial charge on any atom is 0.222 e. The van der Waals surface area contributed by atoms with Crippen molar-refractivity contribution in [3.63, 3.8) is 0 Å². The van der Waals surface area contributed by atoms with Gasteiger partial charge >= 0.3 is 0 Å². The number of carbonyl (C=O) groups is 1. The summed E-state index contributed by atoms with van der Waals surface area (Å²) in [5.74, 6) is 2.15. The summed E-state index contributed by atoms with van der Waals surface area (Å²) in [5.41, 5.74) is 0. The molecule has 0 unspecified atom stereocenters. The number of rotatable bonds is 3. The average Bonchev–Trinajstić information content (AvgIpc) is 2.62. The summed E-state index contributed by atoms with van der Waals surface area (Å²) < 4.78 is 0. The Morgan fingerprint density at radius 2 is 1.45 bits per heavy atom. The number of anilines is 2. The van der Waals surface area contributed by atoms with Crippen LogP contribution in [0.15, 0.2) is 12.1 Å². The van der Waals surface area contributed by atoms with Gasteiger partial charge in [-0.15, -0.1) is 10.2 Å². The van der Waals surface area contributed by atoms with Gasteiger partial charge in [0.05, 0.1) is 0 Å². The monoisotopic (exact) mass is 303 g/mol. The van der Waals surface area contributed by atoms with E-state index in [1.165, 1.54) is 19.3 Å². The fourth-order valence-corrected chi connectivity index (χ4v) is 3.19. The van der Waals surface area contributed by atoms with Crippen LogP contribution in [-0.4, -0.2) is 60.3 Å². The number of hydrogen-bond acceptors (Lipinski definition) is 5. The zero-order valence-electron chi connectivity index (χ0n) is 13.4. The van der Waals surface area contributed by atoms with Gasteiger partial charge in [-0.3, -0.25) is 4.79 Å². The first-order valence-corrected chi connectivity index (χ1v) is 8.39. The van der Waals surface area contributed by atoms with Gasteiger partial charge in [0.25, 0.3) is 0 Å². The van der Waals surface area contributed by atoms with Crippen molar-refractivity contribution >= 4 is 17.5 Å². The molecule has 0 aromatic carbocycles. The molecule has 0 saturated carbocycles. The van der Waals surface area contributed by atoms with Crippen LogP contribution in [0.3, 0.4) is 0 Å². The van der Waals surface area contributed by atoms with E-state index < -0.39 is 0 Å². The van der Waals surface area contributed by atoms with Gasteiger partial charge in [0.2, 0.25) is 5.91 Å². The number of aromatic nitrogens is 2. The van der Waals surface area contributed by atoms with Crippen molar-refractivity contribution in [2.24, 2.45) is 0 Å². The first kappa shape index (κ1) is 15.1. The summed E-state index contributed by atoms with van der Waals surface area (Å²) in [6.45, 7) is 7.33. The minimum atomic E-state index is 0.242. The smallest absolute Gasteiger partial charge is 0.222 e. The van der Waals surface area contributed by atoms with E-state index >= 15 is 0 Å². The van der Waals surface area contributed by atoms with Crippen LogP contribution in [0, 0.1) is 0 Å². The molecule has 1 aromatic heterocycles. The predicted molar refractivity (Wildman–Crippen MR) is 87.2 cm³/mol. The largest absolute Gasteiger partial charge is 0.355 e. The predicted octanol–water partition coefficient (Wildman–Crippen LogP) is 1.53. The van der Waals surface area contributed by atoms with E-state index in [1.807, 2.05) is 11.8 Å². The molecule has 1 amide bonds. The molecule has 1 aromatic rings. The van der Waals surface area contributed by atoms with Crippen LogP contribution in [0.5, 0.6) is 0 Å². The molecule has 0 atom stereocenters. The first-order valence-electron chi connectivity index (χ1n) is 8.39. The molecular weight excluding hydrogens is 278 g/mol. The van der Waals surface area contributed by atoms with Crippen LogP contribution in [0.2, 0.25) is 0 Å². The molecule has 0 aliphatic carbocycles. The fraction of sp³-hybridized carbons (Fsp3) is 0.688. The molecule has 22 heavy (non-hydrogen) atoms. The van der Waals surface area contributed by atoms with Crippen LogP contribution in [-0.2, 0) is 4.79 Å². The summed E-state index contributed by atoms with van der Waals surface area (Å²) in [6.07, 6.45) is 4.40. The molecule has 0 bridgehead atoms. The lowest BCUT2D eigenvalue weighted by atomic mass is 10.1. The van der Waals surface area contributed by atoms with Gasteiger partial charge in [-0.05, 0) is 31.4 Å². The average molecular weight is 303 g/mol. The van der Waals surface area contributed by atoms with Crippen molar-refractivity contribution in [1.29, 1.82) is 0 Å². The third-order valence-corrected chi connectivity index (χ3v) is 4.58. The van der Waals surface area contributed by atoms with Gasteiger partial charge in [0, 0.05) is 45.7 Å². The molecule has 0 spiro atoms. The Labute approximate surface area is 132 Å². The third-order valence-electron chi connectivity index (χ3n) is 4.58. The lowest BCUT2D eigenvalue weighted by Gasteiger charge is -2.35. The molecule has 2 aliphatic rings. The number of piperidine rings is 1. The highest BCUT2D eigenvalue weighted by atomic mass is 16.2. The van der Waals surface area contributed by atoms with Gasteiger partial charge in [-0.25, -0.2) is 0 Å². The van der Waals surface area contributed by atoms with E-state index in [-0.39, 0.29) is 5.91 Å². The van der Waals surface area contributed by atoms with Crippen LogP contribution >= 0.6 is 0 Å². The molecule has 3 rings (SSSR count). The maximum absolute atomic E-state index is 11.7. The second kappa shape index (κ2) is 6.94.